The Balaban J connectivity index is 3.81. The number of amides is 2. The van der Waals surface area contributed by atoms with E-state index < -0.39 is 0 Å². The van der Waals surface area contributed by atoms with Crippen molar-refractivity contribution in [1.82, 2.24) is 10.6 Å². The van der Waals surface area contributed by atoms with Crippen molar-refractivity contribution in [2.24, 2.45) is 5.92 Å². The van der Waals surface area contributed by atoms with Gasteiger partial charge >= 0.3 is 6.03 Å². The summed E-state index contributed by atoms with van der Waals surface area (Å²) in [5.41, 5.74) is 0. The van der Waals surface area contributed by atoms with Gasteiger partial charge in [0.2, 0.25) is 0 Å². The second-order valence-corrected chi connectivity index (χ2v) is 3.51. The summed E-state index contributed by atoms with van der Waals surface area (Å²) < 4.78 is 0. The van der Waals surface area contributed by atoms with Crippen LogP contribution in [0.4, 0.5) is 4.79 Å². The number of carbonyl (C=O) groups excluding carboxylic acids is 1. The predicted octanol–water partition coefficient (Wildman–Crippen LogP) is 1.80. The lowest BCUT2D eigenvalue weighted by Gasteiger charge is -2.15. The Morgan fingerprint density at radius 3 is 2.80 bits per heavy atom. The molecule has 0 radical (unpaired) electrons. The molecule has 0 heterocycles. The zero-order chi connectivity index (χ0) is 11.7. The van der Waals surface area contributed by atoms with Crippen LogP contribution in [0, 0.1) is 17.2 Å². The third-order valence-corrected chi connectivity index (χ3v) is 2.07. The van der Waals surface area contributed by atoms with Crippen molar-refractivity contribution in [2.75, 3.05) is 6.54 Å². The van der Waals surface area contributed by atoms with E-state index >= 15 is 0 Å². The molecule has 0 aromatic carbocycles. The number of nitrogens with zero attached hydrogens (tertiary/aromatic N) is 1. The van der Waals surface area contributed by atoms with E-state index in [2.05, 4.69) is 23.3 Å². The van der Waals surface area contributed by atoms with E-state index in [1.165, 1.54) is 0 Å². The number of hydrogen-bond acceptors (Lipinski definition) is 2. The first-order chi connectivity index (χ1) is 7.13. The summed E-state index contributed by atoms with van der Waals surface area (Å²) in [4.78, 5) is 11.3. The summed E-state index contributed by atoms with van der Waals surface area (Å²) in [6.07, 6.45) is 3.41. The molecule has 0 aliphatic rings. The first-order valence-electron chi connectivity index (χ1n) is 5.18. The van der Waals surface area contributed by atoms with Gasteiger partial charge in [-0.15, -0.1) is 6.58 Å². The summed E-state index contributed by atoms with van der Waals surface area (Å²) >= 11 is 0. The summed E-state index contributed by atoms with van der Waals surface area (Å²) in [7, 11) is 0. The third kappa shape index (κ3) is 6.55. The van der Waals surface area contributed by atoms with Crippen LogP contribution < -0.4 is 10.6 Å². The number of urea groups is 1. The van der Waals surface area contributed by atoms with Crippen molar-refractivity contribution in [3.05, 3.63) is 12.7 Å². The SMILES string of the molecule is C=CC[C@@H](CC)NC(=O)NC[C@@H](C)C#N. The average Bonchev–Trinajstić information content (AvgIpc) is 2.25. The molecule has 4 nitrogen and oxygen atoms in total. The number of rotatable bonds is 6. The number of carbonyl (C=O) groups is 1. The van der Waals surface area contributed by atoms with E-state index in [0.29, 0.717) is 6.54 Å². The summed E-state index contributed by atoms with van der Waals surface area (Å²) in [6, 6.07) is 1.96. The highest BCUT2D eigenvalue weighted by atomic mass is 16.2. The molecule has 0 saturated carbocycles. The molecule has 0 unspecified atom stereocenters. The second kappa shape index (κ2) is 7.86. The Hall–Kier alpha value is -1.50. The highest BCUT2D eigenvalue weighted by Gasteiger charge is 2.08. The van der Waals surface area contributed by atoms with Gasteiger partial charge in [-0.05, 0) is 19.8 Å². The van der Waals surface area contributed by atoms with Gasteiger partial charge in [-0.1, -0.05) is 13.0 Å². The minimum atomic E-state index is -0.217. The van der Waals surface area contributed by atoms with Crippen LogP contribution in [0.5, 0.6) is 0 Å². The monoisotopic (exact) mass is 209 g/mol. The lowest BCUT2D eigenvalue weighted by atomic mass is 10.1. The van der Waals surface area contributed by atoms with Crippen LogP contribution in [0.15, 0.2) is 12.7 Å². The second-order valence-electron chi connectivity index (χ2n) is 3.51. The Kier molecular flexibility index (Phi) is 7.08. The van der Waals surface area contributed by atoms with Crippen molar-refractivity contribution < 1.29 is 4.79 Å². The van der Waals surface area contributed by atoms with Gasteiger partial charge in [0.05, 0.1) is 12.0 Å². The van der Waals surface area contributed by atoms with Gasteiger partial charge in [0.25, 0.3) is 0 Å². The fraction of sp³-hybridized carbons (Fsp3) is 0.636. The smallest absolute Gasteiger partial charge is 0.315 e. The van der Waals surface area contributed by atoms with Crippen molar-refractivity contribution >= 4 is 6.03 Å². The molecule has 0 spiro atoms. The fourth-order valence-corrected chi connectivity index (χ4v) is 1.06. The number of hydrogen-bond donors (Lipinski definition) is 2. The van der Waals surface area contributed by atoms with Crippen LogP contribution in [0.25, 0.3) is 0 Å². The van der Waals surface area contributed by atoms with E-state index in [1.807, 2.05) is 6.92 Å². The van der Waals surface area contributed by atoms with Gasteiger partial charge in [-0.3, -0.25) is 0 Å². The lowest BCUT2D eigenvalue weighted by Crippen LogP contribution is -2.42. The summed E-state index contributed by atoms with van der Waals surface area (Å²) in [5, 5.41) is 14.0. The fourth-order valence-electron chi connectivity index (χ4n) is 1.06. The zero-order valence-corrected chi connectivity index (χ0v) is 9.42. The Morgan fingerprint density at radius 1 is 1.67 bits per heavy atom. The molecular formula is C11H19N3O. The van der Waals surface area contributed by atoms with Crippen molar-refractivity contribution in [2.45, 2.75) is 32.7 Å². The van der Waals surface area contributed by atoms with Crippen molar-refractivity contribution in [3.8, 4) is 6.07 Å². The molecule has 4 heteroatoms. The maximum atomic E-state index is 11.3. The van der Waals surface area contributed by atoms with Gasteiger partial charge in [0, 0.05) is 12.6 Å². The van der Waals surface area contributed by atoms with E-state index in [-0.39, 0.29) is 18.0 Å². The van der Waals surface area contributed by atoms with Gasteiger partial charge in [-0.25, -0.2) is 4.79 Å². The van der Waals surface area contributed by atoms with Crippen LogP contribution in [0.3, 0.4) is 0 Å². The highest BCUT2D eigenvalue weighted by Crippen LogP contribution is 1.97. The molecule has 0 aromatic rings. The van der Waals surface area contributed by atoms with E-state index in [9.17, 15) is 4.79 Å². The molecule has 0 fully saturated rings. The van der Waals surface area contributed by atoms with Crippen LogP contribution >= 0.6 is 0 Å². The predicted molar refractivity (Wildman–Crippen MR) is 60.2 cm³/mol. The summed E-state index contributed by atoms with van der Waals surface area (Å²) in [6.45, 7) is 7.78. The molecule has 0 aliphatic heterocycles. The van der Waals surface area contributed by atoms with Gasteiger partial charge in [0.15, 0.2) is 0 Å². The van der Waals surface area contributed by atoms with Crippen LogP contribution in [-0.2, 0) is 0 Å². The van der Waals surface area contributed by atoms with Crippen LogP contribution in [0.2, 0.25) is 0 Å². The molecule has 0 bridgehead atoms. The van der Waals surface area contributed by atoms with E-state index in [4.69, 9.17) is 5.26 Å². The Labute approximate surface area is 91.4 Å². The number of nitriles is 1. The minimum absolute atomic E-state index is 0.125. The maximum absolute atomic E-state index is 11.3. The molecule has 2 N–H and O–H groups in total. The molecule has 0 rings (SSSR count). The van der Waals surface area contributed by atoms with Crippen molar-refractivity contribution in [3.63, 3.8) is 0 Å². The molecule has 2 atom stereocenters. The third-order valence-electron chi connectivity index (χ3n) is 2.07. The molecule has 2 amide bonds. The summed E-state index contributed by atoms with van der Waals surface area (Å²) in [5.74, 6) is -0.157. The molecule has 84 valence electrons. The van der Waals surface area contributed by atoms with Gasteiger partial charge in [-0.2, -0.15) is 5.26 Å². The molecule has 0 aliphatic carbocycles. The first kappa shape index (κ1) is 13.5. The van der Waals surface area contributed by atoms with E-state index in [0.717, 1.165) is 12.8 Å². The Bertz CT molecular complexity index is 245. The number of nitrogens with one attached hydrogen (secondary N) is 2. The van der Waals surface area contributed by atoms with E-state index in [1.54, 1.807) is 13.0 Å². The van der Waals surface area contributed by atoms with Crippen molar-refractivity contribution in [1.29, 1.82) is 5.26 Å². The highest BCUT2D eigenvalue weighted by molar-refractivity contribution is 5.74. The normalized spacial score (nSPS) is 13.4. The quantitative estimate of drug-likeness (QED) is 0.655. The topological polar surface area (TPSA) is 64.9 Å². The zero-order valence-electron chi connectivity index (χ0n) is 9.42. The van der Waals surface area contributed by atoms with Crippen LogP contribution in [0.1, 0.15) is 26.7 Å². The van der Waals surface area contributed by atoms with Gasteiger partial charge in [0.1, 0.15) is 0 Å². The minimum Gasteiger partial charge on any atom is -0.337 e. The molecule has 15 heavy (non-hydrogen) atoms. The maximum Gasteiger partial charge on any atom is 0.315 e. The standard InChI is InChI=1S/C11H19N3O/c1-4-6-10(5-2)14-11(15)13-8-9(3)7-12/h4,9-10H,1,5-6,8H2,2-3H3,(H2,13,14,15)/t9-,10+/m0/s1. The average molecular weight is 209 g/mol. The lowest BCUT2D eigenvalue weighted by molar-refractivity contribution is 0.236. The largest absolute Gasteiger partial charge is 0.337 e. The first-order valence-corrected chi connectivity index (χ1v) is 5.18. The molecular weight excluding hydrogens is 190 g/mol. The Morgan fingerprint density at radius 2 is 2.33 bits per heavy atom. The van der Waals surface area contributed by atoms with Crippen LogP contribution in [-0.4, -0.2) is 18.6 Å². The molecule has 0 saturated heterocycles. The van der Waals surface area contributed by atoms with Gasteiger partial charge < -0.3 is 10.6 Å². The molecule has 0 aromatic heterocycles.